The maximum atomic E-state index is 12.3. The van der Waals surface area contributed by atoms with Crippen LogP contribution in [0.25, 0.3) is 0 Å². The smallest absolute Gasteiger partial charge is 0.256 e. The topological polar surface area (TPSA) is 84.7 Å². The minimum Gasteiger partial charge on any atom is -0.397 e. The van der Waals surface area contributed by atoms with Crippen LogP contribution >= 0.6 is 11.3 Å². The highest BCUT2D eigenvalue weighted by Gasteiger charge is 2.36. The Bertz CT molecular complexity index is 574. The Morgan fingerprint density at radius 2 is 2.00 bits per heavy atom. The number of amides is 1. The highest BCUT2D eigenvalue weighted by Crippen LogP contribution is 2.43. The lowest BCUT2D eigenvalue weighted by Crippen LogP contribution is -2.37. The number of Topliss-reactive ketones (excluding diaryl/α,β-unsaturated/α-hetero) is 1. The lowest BCUT2D eigenvalue weighted by Gasteiger charge is -2.28. The van der Waals surface area contributed by atoms with E-state index < -0.39 is 0 Å². The molecule has 0 radical (unpaired) electrons. The van der Waals surface area contributed by atoms with Crippen molar-refractivity contribution in [3.63, 3.8) is 0 Å². The summed E-state index contributed by atoms with van der Waals surface area (Å²) >= 11 is 1.35. The molecule has 2 aliphatic rings. The summed E-state index contributed by atoms with van der Waals surface area (Å²) in [6.45, 7) is 2.66. The summed E-state index contributed by atoms with van der Waals surface area (Å²) in [4.78, 5) is 27.1. The molecule has 3 rings (SSSR count). The van der Waals surface area contributed by atoms with Gasteiger partial charge in [-0.2, -0.15) is 0 Å². The third kappa shape index (κ3) is 2.63. The maximum Gasteiger partial charge on any atom is 0.256 e. The Hall–Kier alpha value is -1.60. The predicted molar refractivity (Wildman–Crippen MR) is 82.2 cm³/mol. The van der Waals surface area contributed by atoms with E-state index in [-0.39, 0.29) is 17.6 Å². The van der Waals surface area contributed by atoms with Crippen LogP contribution in [0.3, 0.4) is 0 Å². The number of ether oxygens (including phenoxy) is 1. The minimum absolute atomic E-state index is 0.0853. The van der Waals surface area contributed by atoms with Crippen LogP contribution in [0.4, 0.5) is 10.7 Å². The van der Waals surface area contributed by atoms with Gasteiger partial charge in [-0.25, -0.2) is 0 Å². The van der Waals surface area contributed by atoms with Crippen molar-refractivity contribution in [1.29, 1.82) is 0 Å². The number of ketones is 1. The van der Waals surface area contributed by atoms with Crippen molar-refractivity contribution in [3.05, 3.63) is 10.4 Å². The van der Waals surface area contributed by atoms with E-state index in [2.05, 4.69) is 10.2 Å². The number of morpholine rings is 1. The van der Waals surface area contributed by atoms with Gasteiger partial charge in [-0.3, -0.25) is 9.59 Å². The summed E-state index contributed by atoms with van der Waals surface area (Å²) in [5.41, 5.74) is 6.89. The van der Waals surface area contributed by atoms with Crippen LogP contribution in [-0.4, -0.2) is 45.0 Å². The SMILES string of the molecule is CNC(=O)c1c(N2CCOCC2)sc(C(=O)C2CC2)c1N. The average molecular weight is 309 g/mol. The first kappa shape index (κ1) is 14.3. The van der Waals surface area contributed by atoms with E-state index in [1.165, 1.54) is 11.3 Å². The Morgan fingerprint density at radius 1 is 1.33 bits per heavy atom. The fourth-order valence-corrected chi connectivity index (χ4v) is 3.77. The van der Waals surface area contributed by atoms with Crippen molar-refractivity contribution in [1.82, 2.24) is 5.32 Å². The number of nitrogens with zero attached hydrogens (tertiary/aromatic N) is 1. The molecule has 0 spiro atoms. The number of hydrogen-bond acceptors (Lipinski definition) is 6. The predicted octanol–water partition coefficient (Wildman–Crippen LogP) is 1.12. The molecule has 1 aliphatic heterocycles. The van der Waals surface area contributed by atoms with Crippen molar-refractivity contribution < 1.29 is 14.3 Å². The van der Waals surface area contributed by atoms with E-state index >= 15 is 0 Å². The van der Waals surface area contributed by atoms with Gasteiger partial charge < -0.3 is 20.7 Å². The molecule has 114 valence electrons. The largest absolute Gasteiger partial charge is 0.397 e. The summed E-state index contributed by atoms with van der Waals surface area (Å²) in [5, 5.41) is 3.41. The van der Waals surface area contributed by atoms with Gasteiger partial charge in [-0.1, -0.05) is 0 Å². The fourth-order valence-electron chi connectivity index (χ4n) is 2.48. The molecule has 1 aromatic rings. The first-order valence-electron chi connectivity index (χ1n) is 7.14. The zero-order valence-corrected chi connectivity index (χ0v) is 12.8. The van der Waals surface area contributed by atoms with Crippen molar-refractivity contribution in [3.8, 4) is 0 Å². The summed E-state index contributed by atoms with van der Waals surface area (Å²) in [7, 11) is 1.57. The number of anilines is 2. The molecule has 1 aromatic heterocycles. The second kappa shape index (κ2) is 5.65. The van der Waals surface area contributed by atoms with Gasteiger partial charge in [0.05, 0.1) is 29.3 Å². The van der Waals surface area contributed by atoms with Crippen LogP contribution in [0.2, 0.25) is 0 Å². The molecule has 1 aliphatic carbocycles. The van der Waals surface area contributed by atoms with Crippen molar-refractivity contribution in [2.24, 2.45) is 5.92 Å². The van der Waals surface area contributed by atoms with E-state index in [9.17, 15) is 9.59 Å². The molecule has 2 heterocycles. The molecule has 1 saturated carbocycles. The molecule has 2 fully saturated rings. The molecular weight excluding hydrogens is 290 g/mol. The van der Waals surface area contributed by atoms with Crippen LogP contribution < -0.4 is 16.0 Å². The molecule has 0 unspecified atom stereocenters. The highest BCUT2D eigenvalue weighted by atomic mass is 32.1. The number of hydrogen-bond donors (Lipinski definition) is 2. The lowest BCUT2D eigenvalue weighted by atomic mass is 10.1. The molecule has 6 nitrogen and oxygen atoms in total. The van der Waals surface area contributed by atoms with E-state index in [1.54, 1.807) is 7.05 Å². The molecular formula is C14H19N3O3S. The minimum atomic E-state index is -0.236. The number of thiophene rings is 1. The van der Waals surface area contributed by atoms with Crippen molar-refractivity contribution in [2.75, 3.05) is 44.0 Å². The van der Waals surface area contributed by atoms with E-state index in [1.807, 2.05) is 0 Å². The van der Waals surface area contributed by atoms with Crippen LogP contribution in [0.5, 0.6) is 0 Å². The van der Waals surface area contributed by atoms with Gasteiger partial charge in [0.2, 0.25) is 0 Å². The van der Waals surface area contributed by atoms with Gasteiger partial charge in [-0.05, 0) is 12.8 Å². The van der Waals surface area contributed by atoms with Crippen molar-refractivity contribution in [2.45, 2.75) is 12.8 Å². The number of nitrogens with one attached hydrogen (secondary N) is 1. The molecule has 0 aromatic carbocycles. The van der Waals surface area contributed by atoms with Gasteiger partial charge in [0.15, 0.2) is 5.78 Å². The fraction of sp³-hybridized carbons (Fsp3) is 0.571. The zero-order chi connectivity index (χ0) is 15.0. The Kier molecular flexibility index (Phi) is 3.86. The van der Waals surface area contributed by atoms with E-state index in [4.69, 9.17) is 10.5 Å². The van der Waals surface area contributed by atoms with Gasteiger partial charge in [-0.15, -0.1) is 11.3 Å². The molecule has 7 heteroatoms. The van der Waals surface area contributed by atoms with Gasteiger partial charge in [0.25, 0.3) is 5.91 Å². The number of carbonyl (C=O) groups is 2. The summed E-state index contributed by atoms with van der Waals surface area (Å²) in [5.74, 6) is -0.0525. The second-order valence-electron chi connectivity index (χ2n) is 5.34. The van der Waals surface area contributed by atoms with Crippen molar-refractivity contribution >= 4 is 33.7 Å². The normalized spacial score (nSPS) is 18.6. The van der Waals surface area contributed by atoms with E-state index in [0.717, 1.165) is 17.8 Å². The average Bonchev–Trinajstić information content (AvgIpc) is 3.30. The molecule has 0 atom stereocenters. The van der Waals surface area contributed by atoms with Gasteiger partial charge in [0.1, 0.15) is 5.00 Å². The zero-order valence-electron chi connectivity index (χ0n) is 12.0. The first-order chi connectivity index (χ1) is 10.1. The summed E-state index contributed by atoms with van der Waals surface area (Å²) < 4.78 is 5.34. The third-order valence-corrected chi connectivity index (χ3v) is 5.13. The molecule has 1 amide bonds. The number of carbonyl (C=O) groups excluding carboxylic acids is 2. The quantitative estimate of drug-likeness (QED) is 0.814. The molecule has 0 bridgehead atoms. The monoisotopic (exact) mass is 309 g/mol. The Balaban J connectivity index is 2.01. The van der Waals surface area contributed by atoms with Crippen LogP contribution in [0.15, 0.2) is 0 Å². The lowest BCUT2D eigenvalue weighted by molar-refractivity contribution is 0.0962. The maximum absolute atomic E-state index is 12.3. The third-order valence-electron chi connectivity index (χ3n) is 3.85. The van der Waals surface area contributed by atoms with Crippen LogP contribution in [0.1, 0.15) is 32.9 Å². The van der Waals surface area contributed by atoms with Crippen LogP contribution in [0, 0.1) is 5.92 Å². The highest BCUT2D eigenvalue weighted by molar-refractivity contribution is 7.19. The molecule has 21 heavy (non-hydrogen) atoms. The summed E-state index contributed by atoms with van der Waals surface area (Å²) in [6.07, 6.45) is 1.86. The second-order valence-corrected chi connectivity index (χ2v) is 6.34. The summed E-state index contributed by atoms with van der Waals surface area (Å²) in [6, 6.07) is 0. The van der Waals surface area contributed by atoms with Gasteiger partial charge >= 0.3 is 0 Å². The number of nitrogens with two attached hydrogens (primary N) is 1. The van der Waals surface area contributed by atoms with E-state index in [0.29, 0.717) is 42.4 Å². The first-order valence-corrected chi connectivity index (χ1v) is 7.96. The van der Waals surface area contributed by atoms with Gasteiger partial charge in [0, 0.05) is 26.1 Å². The number of rotatable bonds is 4. The number of nitrogen functional groups attached to an aromatic ring is 1. The Labute approximate surface area is 127 Å². The standard InChI is InChI=1S/C14H19N3O3S/c1-16-13(19)9-10(15)12(11(18)8-2-3-8)21-14(9)17-4-6-20-7-5-17/h8H,2-7,15H2,1H3,(H,16,19). The molecule has 3 N–H and O–H groups in total. The Morgan fingerprint density at radius 3 is 2.57 bits per heavy atom. The van der Waals surface area contributed by atoms with Crippen LogP contribution in [-0.2, 0) is 4.74 Å². The molecule has 1 saturated heterocycles.